The number of amides is 3. The first kappa shape index (κ1) is 24.7. The summed E-state index contributed by atoms with van der Waals surface area (Å²) in [4.78, 5) is 49.4. The molecular formula is C23H22F3N3O5. The quantitative estimate of drug-likeness (QED) is 0.597. The third-order valence-electron chi connectivity index (χ3n) is 5.25. The molecule has 1 saturated heterocycles. The molecule has 11 heteroatoms. The molecule has 2 N–H and O–H groups in total. The molecule has 0 aromatic heterocycles. The number of nitrogens with one attached hydrogen (secondary N) is 2. The van der Waals surface area contributed by atoms with Crippen molar-refractivity contribution in [1.82, 2.24) is 10.2 Å². The van der Waals surface area contributed by atoms with Crippen LogP contribution in [0.1, 0.15) is 27.9 Å². The summed E-state index contributed by atoms with van der Waals surface area (Å²) in [5.41, 5.74) is 0.196. The van der Waals surface area contributed by atoms with Crippen LogP contribution in [0.5, 0.6) is 0 Å². The average Bonchev–Trinajstić information content (AvgIpc) is 3.17. The second-order valence-electron chi connectivity index (χ2n) is 7.70. The number of ether oxygens (including phenoxy) is 1. The maximum Gasteiger partial charge on any atom is 0.416 e. The van der Waals surface area contributed by atoms with Gasteiger partial charge in [0.05, 0.1) is 18.6 Å². The van der Waals surface area contributed by atoms with Crippen LogP contribution in [0.15, 0.2) is 48.5 Å². The van der Waals surface area contributed by atoms with Crippen LogP contribution in [-0.2, 0) is 31.8 Å². The molecule has 1 aliphatic heterocycles. The van der Waals surface area contributed by atoms with E-state index in [1.54, 1.807) is 0 Å². The number of alkyl halides is 3. The number of carbonyl (C=O) groups excluding carboxylic acids is 4. The number of likely N-dealkylation sites (tertiary alicyclic amines) is 1. The predicted octanol–water partition coefficient (Wildman–Crippen LogP) is 2.60. The molecule has 2 aromatic rings. The second kappa shape index (κ2) is 10.4. The Morgan fingerprint density at radius 2 is 1.82 bits per heavy atom. The smallest absolute Gasteiger partial charge is 0.416 e. The van der Waals surface area contributed by atoms with Gasteiger partial charge in [-0.25, -0.2) is 0 Å². The van der Waals surface area contributed by atoms with Crippen LogP contribution in [0.4, 0.5) is 18.9 Å². The normalized spacial score (nSPS) is 15.7. The molecule has 0 bridgehead atoms. The van der Waals surface area contributed by atoms with E-state index in [0.717, 1.165) is 12.1 Å². The van der Waals surface area contributed by atoms with Crippen molar-refractivity contribution in [2.24, 2.45) is 5.92 Å². The summed E-state index contributed by atoms with van der Waals surface area (Å²) in [6.07, 6.45) is -4.54. The van der Waals surface area contributed by atoms with Gasteiger partial charge < -0.3 is 20.3 Å². The largest absolute Gasteiger partial charge is 0.468 e. The summed E-state index contributed by atoms with van der Waals surface area (Å²) in [7, 11) is 1.20. The molecule has 3 rings (SSSR count). The van der Waals surface area contributed by atoms with Crippen LogP contribution < -0.4 is 10.6 Å². The van der Waals surface area contributed by atoms with Crippen molar-refractivity contribution in [3.05, 3.63) is 65.2 Å². The average molecular weight is 477 g/mol. The maximum atomic E-state index is 12.9. The van der Waals surface area contributed by atoms with Crippen molar-refractivity contribution in [3.63, 3.8) is 0 Å². The van der Waals surface area contributed by atoms with Gasteiger partial charge in [0.1, 0.15) is 6.54 Å². The maximum absolute atomic E-state index is 12.9. The zero-order chi connectivity index (χ0) is 24.9. The summed E-state index contributed by atoms with van der Waals surface area (Å²) in [5.74, 6) is -2.49. The van der Waals surface area contributed by atoms with Gasteiger partial charge in [-0.2, -0.15) is 13.2 Å². The molecule has 3 amide bonds. The number of carbonyl (C=O) groups is 4. The number of nitrogens with zero attached hydrogens (tertiary/aromatic N) is 1. The summed E-state index contributed by atoms with van der Waals surface area (Å²) in [6, 6.07) is 10.7. The van der Waals surface area contributed by atoms with Gasteiger partial charge in [-0.05, 0) is 42.0 Å². The van der Waals surface area contributed by atoms with Crippen molar-refractivity contribution < 1.29 is 37.1 Å². The minimum Gasteiger partial charge on any atom is -0.468 e. The van der Waals surface area contributed by atoms with Crippen molar-refractivity contribution in [3.8, 4) is 0 Å². The zero-order valence-electron chi connectivity index (χ0n) is 18.1. The highest BCUT2D eigenvalue weighted by atomic mass is 19.4. The molecular weight excluding hydrogens is 455 g/mol. The molecule has 1 aliphatic rings. The Morgan fingerprint density at radius 3 is 2.47 bits per heavy atom. The lowest BCUT2D eigenvalue weighted by molar-refractivity contribution is -0.139. The lowest BCUT2D eigenvalue weighted by Crippen LogP contribution is -2.30. The van der Waals surface area contributed by atoms with E-state index < -0.39 is 35.4 Å². The molecule has 1 fully saturated rings. The van der Waals surface area contributed by atoms with E-state index >= 15 is 0 Å². The summed E-state index contributed by atoms with van der Waals surface area (Å²) in [6.45, 7) is -0.225. The van der Waals surface area contributed by atoms with E-state index in [4.69, 9.17) is 0 Å². The van der Waals surface area contributed by atoms with E-state index in [2.05, 4.69) is 15.4 Å². The van der Waals surface area contributed by atoms with Crippen LogP contribution in [0.2, 0.25) is 0 Å². The Hall–Kier alpha value is -3.89. The standard InChI is InChI=1S/C23H22F3N3O5/c1-34-20(31)11-27-21(32)15-5-7-18(8-6-15)28-22(33)16-10-19(30)29(13-16)12-14-3-2-4-17(9-14)23(24,25)26/h2-9,16H,10-13H2,1H3,(H,27,32)(H,28,33). The fourth-order valence-electron chi connectivity index (χ4n) is 3.44. The molecule has 1 unspecified atom stereocenters. The number of rotatable bonds is 7. The van der Waals surface area contributed by atoms with Crippen molar-refractivity contribution in [2.75, 3.05) is 25.5 Å². The Labute approximate surface area is 193 Å². The number of hydrogen-bond donors (Lipinski definition) is 2. The first-order valence-electron chi connectivity index (χ1n) is 10.3. The highest BCUT2D eigenvalue weighted by Gasteiger charge is 2.35. The minimum absolute atomic E-state index is 0.0259. The third-order valence-corrected chi connectivity index (χ3v) is 5.25. The van der Waals surface area contributed by atoms with Crippen LogP contribution in [0.3, 0.4) is 0 Å². The number of esters is 1. The van der Waals surface area contributed by atoms with E-state index in [9.17, 15) is 32.3 Å². The van der Waals surface area contributed by atoms with E-state index in [1.165, 1.54) is 48.4 Å². The molecule has 180 valence electrons. The van der Waals surface area contributed by atoms with Crippen molar-refractivity contribution >= 4 is 29.4 Å². The molecule has 0 radical (unpaired) electrons. The minimum atomic E-state index is -4.48. The van der Waals surface area contributed by atoms with Gasteiger partial charge in [-0.1, -0.05) is 12.1 Å². The van der Waals surface area contributed by atoms with Crippen LogP contribution >= 0.6 is 0 Å². The second-order valence-corrected chi connectivity index (χ2v) is 7.70. The topological polar surface area (TPSA) is 105 Å². The number of methoxy groups -OCH3 is 1. The number of anilines is 1. The molecule has 2 aromatic carbocycles. The summed E-state index contributed by atoms with van der Waals surface area (Å²) >= 11 is 0. The first-order valence-corrected chi connectivity index (χ1v) is 10.3. The monoisotopic (exact) mass is 477 g/mol. The lowest BCUT2D eigenvalue weighted by Gasteiger charge is -2.18. The molecule has 0 spiro atoms. The summed E-state index contributed by atoms with van der Waals surface area (Å²) < 4.78 is 43.2. The Bertz CT molecular complexity index is 1090. The highest BCUT2D eigenvalue weighted by Crippen LogP contribution is 2.30. The predicted molar refractivity (Wildman–Crippen MR) is 114 cm³/mol. The molecule has 8 nitrogen and oxygen atoms in total. The van der Waals surface area contributed by atoms with Gasteiger partial charge in [0.15, 0.2) is 0 Å². The van der Waals surface area contributed by atoms with Crippen LogP contribution in [0.25, 0.3) is 0 Å². The van der Waals surface area contributed by atoms with Gasteiger partial charge in [0.2, 0.25) is 11.8 Å². The van der Waals surface area contributed by atoms with Gasteiger partial charge >= 0.3 is 12.1 Å². The summed E-state index contributed by atoms with van der Waals surface area (Å²) in [5, 5.41) is 5.06. The Morgan fingerprint density at radius 1 is 1.12 bits per heavy atom. The molecule has 0 saturated carbocycles. The van der Waals surface area contributed by atoms with Crippen LogP contribution in [0, 0.1) is 5.92 Å². The van der Waals surface area contributed by atoms with E-state index in [1.807, 2.05) is 0 Å². The van der Waals surface area contributed by atoms with E-state index in [-0.39, 0.29) is 37.5 Å². The Kier molecular flexibility index (Phi) is 7.54. The van der Waals surface area contributed by atoms with Gasteiger partial charge in [-0.15, -0.1) is 0 Å². The van der Waals surface area contributed by atoms with Crippen molar-refractivity contribution in [1.29, 1.82) is 0 Å². The third kappa shape index (κ3) is 6.33. The first-order chi connectivity index (χ1) is 16.1. The zero-order valence-corrected chi connectivity index (χ0v) is 18.1. The highest BCUT2D eigenvalue weighted by molar-refractivity contribution is 5.99. The SMILES string of the molecule is COC(=O)CNC(=O)c1ccc(NC(=O)C2CC(=O)N(Cc3cccc(C(F)(F)F)c3)C2)cc1. The van der Waals surface area contributed by atoms with Gasteiger partial charge in [0.25, 0.3) is 5.91 Å². The van der Waals surface area contributed by atoms with Crippen LogP contribution in [-0.4, -0.2) is 48.8 Å². The van der Waals surface area contributed by atoms with Gasteiger partial charge in [-0.3, -0.25) is 19.2 Å². The number of halogens is 3. The number of benzene rings is 2. The fraction of sp³-hybridized carbons (Fsp3) is 0.304. The van der Waals surface area contributed by atoms with Crippen molar-refractivity contribution in [2.45, 2.75) is 19.1 Å². The number of hydrogen-bond acceptors (Lipinski definition) is 5. The molecule has 1 heterocycles. The molecule has 0 aliphatic carbocycles. The fourth-order valence-corrected chi connectivity index (χ4v) is 3.44. The van der Waals surface area contributed by atoms with Gasteiger partial charge in [0, 0.05) is 30.8 Å². The lowest BCUT2D eigenvalue weighted by atomic mass is 10.1. The Balaban J connectivity index is 1.55. The van der Waals surface area contributed by atoms with E-state index in [0.29, 0.717) is 11.3 Å². The molecule has 34 heavy (non-hydrogen) atoms. The molecule has 1 atom stereocenters.